The summed E-state index contributed by atoms with van der Waals surface area (Å²) >= 11 is 5.04. The average molecular weight is 234 g/mol. The Morgan fingerprint density at radius 2 is 2.12 bits per heavy atom. The minimum Gasteiger partial charge on any atom is -0.494 e. The molecule has 4 heteroatoms. The van der Waals surface area contributed by atoms with Crippen molar-refractivity contribution in [3.8, 4) is 18.1 Å². The Balaban J connectivity index is 2.49. The van der Waals surface area contributed by atoms with Gasteiger partial charge in [0.2, 0.25) is 0 Å². The van der Waals surface area contributed by atoms with Crippen LogP contribution < -0.4 is 15.4 Å². The molecule has 0 aliphatic carbocycles. The lowest BCUT2D eigenvalue weighted by atomic mass is 10.3. The molecule has 1 aromatic carbocycles. The number of terminal acetylenes is 1. The number of hydrogen-bond acceptors (Lipinski definition) is 2. The van der Waals surface area contributed by atoms with Gasteiger partial charge in [0.05, 0.1) is 13.2 Å². The molecule has 0 aromatic heterocycles. The molecule has 0 aliphatic rings. The lowest BCUT2D eigenvalue weighted by Gasteiger charge is -2.09. The first kappa shape index (κ1) is 12.3. The maximum absolute atomic E-state index is 5.33. The van der Waals surface area contributed by atoms with Crippen LogP contribution in [0.25, 0.3) is 0 Å². The van der Waals surface area contributed by atoms with E-state index in [0.29, 0.717) is 18.3 Å². The second-order valence-electron chi connectivity index (χ2n) is 2.97. The average Bonchev–Trinajstić information content (AvgIpc) is 2.29. The molecule has 16 heavy (non-hydrogen) atoms. The lowest BCUT2D eigenvalue weighted by Crippen LogP contribution is -2.28. The van der Waals surface area contributed by atoms with Gasteiger partial charge in [0.15, 0.2) is 5.11 Å². The zero-order valence-electron chi connectivity index (χ0n) is 9.12. The Hall–Kier alpha value is -1.73. The van der Waals surface area contributed by atoms with Crippen molar-refractivity contribution in [3.05, 3.63) is 24.3 Å². The van der Waals surface area contributed by atoms with E-state index in [2.05, 4.69) is 16.6 Å². The zero-order chi connectivity index (χ0) is 11.8. The normalized spacial score (nSPS) is 9.00. The minimum absolute atomic E-state index is 0.420. The molecule has 0 spiro atoms. The first-order valence-corrected chi connectivity index (χ1v) is 5.38. The molecule has 0 unspecified atom stereocenters. The second kappa shape index (κ2) is 6.70. The molecule has 0 amide bonds. The van der Waals surface area contributed by atoms with Gasteiger partial charge >= 0.3 is 0 Å². The van der Waals surface area contributed by atoms with Crippen molar-refractivity contribution in [3.63, 3.8) is 0 Å². The minimum atomic E-state index is 0.420. The van der Waals surface area contributed by atoms with Crippen molar-refractivity contribution in [1.82, 2.24) is 5.32 Å². The zero-order valence-corrected chi connectivity index (χ0v) is 9.93. The number of anilines is 1. The number of hydrogen-bond donors (Lipinski definition) is 2. The summed E-state index contributed by atoms with van der Waals surface area (Å²) in [6, 6.07) is 7.56. The van der Waals surface area contributed by atoms with E-state index in [1.54, 1.807) is 0 Å². The van der Waals surface area contributed by atoms with Crippen molar-refractivity contribution < 1.29 is 4.74 Å². The SMILES string of the molecule is C#CCNC(=S)Nc1ccc(OCC)cc1. The summed E-state index contributed by atoms with van der Waals surface area (Å²) < 4.78 is 5.33. The summed E-state index contributed by atoms with van der Waals surface area (Å²) in [4.78, 5) is 0. The molecule has 0 fully saturated rings. The van der Waals surface area contributed by atoms with Crippen molar-refractivity contribution in [1.29, 1.82) is 0 Å². The number of rotatable bonds is 4. The van der Waals surface area contributed by atoms with E-state index in [0.717, 1.165) is 11.4 Å². The van der Waals surface area contributed by atoms with Crippen LogP contribution in [-0.2, 0) is 0 Å². The van der Waals surface area contributed by atoms with Crippen LogP contribution in [0.1, 0.15) is 6.92 Å². The summed E-state index contributed by atoms with van der Waals surface area (Å²) in [7, 11) is 0. The number of ether oxygens (including phenoxy) is 1. The van der Waals surface area contributed by atoms with Gasteiger partial charge in [0.25, 0.3) is 0 Å². The predicted molar refractivity (Wildman–Crippen MR) is 70.7 cm³/mol. The van der Waals surface area contributed by atoms with E-state index in [1.165, 1.54) is 0 Å². The Kier molecular flexibility index (Phi) is 5.17. The van der Waals surface area contributed by atoms with Crippen molar-refractivity contribution in [2.45, 2.75) is 6.92 Å². The standard InChI is InChI=1S/C12H14N2OS/c1-3-9-13-12(16)14-10-5-7-11(8-6-10)15-4-2/h1,5-8H,4,9H2,2H3,(H2,13,14,16). The molecule has 2 N–H and O–H groups in total. The van der Waals surface area contributed by atoms with Gasteiger partial charge in [-0.3, -0.25) is 0 Å². The number of benzene rings is 1. The summed E-state index contributed by atoms with van der Waals surface area (Å²) in [5.74, 6) is 3.29. The van der Waals surface area contributed by atoms with Gasteiger partial charge in [-0.25, -0.2) is 0 Å². The highest BCUT2D eigenvalue weighted by atomic mass is 32.1. The second-order valence-corrected chi connectivity index (χ2v) is 3.38. The predicted octanol–water partition coefficient (Wildman–Crippen LogP) is 2.00. The van der Waals surface area contributed by atoms with E-state index in [-0.39, 0.29) is 0 Å². The van der Waals surface area contributed by atoms with Gasteiger partial charge in [-0.15, -0.1) is 6.42 Å². The highest BCUT2D eigenvalue weighted by molar-refractivity contribution is 7.80. The molecule has 84 valence electrons. The molecule has 0 saturated heterocycles. The molecule has 0 heterocycles. The fourth-order valence-corrected chi connectivity index (χ4v) is 1.30. The monoisotopic (exact) mass is 234 g/mol. The topological polar surface area (TPSA) is 33.3 Å². The highest BCUT2D eigenvalue weighted by Gasteiger charge is 1.97. The van der Waals surface area contributed by atoms with E-state index in [1.807, 2.05) is 31.2 Å². The quantitative estimate of drug-likeness (QED) is 0.617. The molecule has 1 aromatic rings. The Labute approximate surface area is 101 Å². The fraction of sp³-hybridized carbons (Fsp3) is 0.250. The smallest absolute Gasteiger partial charge is 0.171 e. The van der Waals surface area contributed by atoms with Gasteiger partial charge < -0.3 is 15.4 Å². The van der Waals surface area contributed by atoms with Crippen LogP contribution in [0.3, 0.4) is 0 Å². The summed E-state index contributed by atoms with van der Waals surface area (Å²) in [6.07, 6.45) is 5.11. The molecular formula is C12H14N2OS. The van der Waals surface area contributed by atoms with Crippen LogP contribution in [0.4, 0.5) is 5.69 Å². The molecule has 0 radical (unpaired) electrons. The number of nitrogens with one attached hydrogen (secondary N) is 2. The molecule has 1 rings (SSSR count). The summed E-state index contributed by atoms with van der Waals surface area (Å²) in [5.41, 5.74) is 0.901. The van der Waals surface area contributed by atoms with Crippen LogP contribution in [0, 0.1) is 12.3 Å². The summed E-state index contributed by atoms with van der Waals surface area (Å²) in [5, 5.41) is 6.40. The Bertz CT molecular complexity index is 381. The van der Waals surface area contributed by atoms with Crippen LogP contribution in [0.15, 0.2) is 24.3 Å². The van der Waals surface area contributed by atoms with Gasteiger partial charge in [0, 0.05) is 5.69 Å². The maximum atomic E-state index is 5.33. The molecule has 0 bridgehead atoms. The van der Waals surface area contributed by atoms with Gasteiger partial charge in [-0.1, -0.05) is 5.92 Å². The third kappa shape index (κ3) is 4.20. The molecular weight excluding hydrogens is 220 g/mol. The lowest BCUT2D eigenvalue weighted by molar-refractivity contribution is 0.340. The van der Waals surface area contributed by atoms with Crippen molar-refractivity contribution >= 4 is 23.0 Å². The molecule has 0 atom stereocenters. The van der Waals surface area contributed by atoms with Crippen molar-refractivity contribution in [2.24, 2.45) is 0 Å². The van der Waals surface area contributed by atoms with Gasteiger partial charge in [-0.05, 0) is 43.4 Å². The van der Waals surface area contributed by atoms with E-state index < -0.39 is 0 Å². The summed E-state index contributed by atoms with van der Waals surface area (Å²) in [6.45, 7) is 3.03. The van der Waals surface area contributed by atoms with E-state index in [9.17, 15) is 0 Å². The van der Waals surface area contributed by atoms with Crippen LogP contribution in [-0.4, -0.2) is 18.3 Å². The van der Waals surface area contributed by atoms with Crippen molar-refractivity contribution in [2.75, 3.05) is 18.5 Å². The van der Waals surface area contributed by atoms with Gasteiger partial charge in [0.1, 0.15) is 5.75 Å². The first-order valence-electron chi connectivity index (χ1n) is 4.97. The first-order chi connectivity index (χ1) is 7.76. The van der Waals surface area contributed by atoms with Gasteiger partial charge in [-0.2, -0.15) is 0 Å². The third-order valence-electron chi connectivity index (χ3n) is 1.77. The molecule has 0 aliphatic heterocycles. The van der Waals surface area contributed by atoms with E-state index in [4.69, 9.17) is 23.4 Å². The Morgan fingerprint density at radius 3 is 2.69 bits per heavy atom. The largest absolute Gasteiger partial charge is 0.494 e. The number of thiocarbonyl (C=S) groups is 1. The van der Waals surface area contributed by atoms with Crippen LogP contribution >= 0.6 is 12.2 Å². The van der Waals surface area contributed by atoms with Crippen LogP contribution in [0.2, 0.25) is 0 Å². The maximum Gasteiger partial charge on any atom is 0.171 e. The van der Waals surface area contributed by atoms with Crippen LogP contribution in [0.5, 0.6) is 5.75 Å². The Morgan fingerprint density at radius 1 is 1.44 bits per heavy atom. The third-order valence-corrected chi connectivity index (χ3v) is 2.02. The molecule has 0 saturated carbocycles. The molecule has 3 nitrogen and oxygen atoms in total. The fourth-order valence-electron chi connectivity index (χ4n) is 1.11. The highest BCUT2D eigenvalue weighted by Crippen LogP contribution is 2.15. The van der Waals surface area contributed by atoms with E-state index >= 15 is 0 Å².